The standard InChI is InChI=1S/C14H19ClN2O2/c1-9-3-4-11(7-12(9)15)16-14(19)17-6-5-13(18)10(2)8-17/h3-4,7,10,13,18H,5-6,8H2,1-2H3,(H,16,19). The van der Waals surface area contributed by atoms with Gasteiger partial charge in [-0.2, -0.15) is 0 Å². The van der Waals surface area contributed by atoms with Gasteiger partial charge in [0.15, 0.2) is 0 Å². The van der Waals surface area contributed by atoms with Gasteiger partial charge >= 0.3 is 6.03 Å². The van der Waals surface area contributed by atoms with Crippen molar-refractivity contribution in [1.82, 2.24) is 4.90 Å². The van der Waals surface area contributed by atoms with E-state index in [4.69, 9.17) is 11.6 Å². The number of carbonyl (C=O) groups is 1. The topological polar surface area (TPSA) is 52.6 Å². The number of aryl methyl sites for hydroxylation is 1. The van der Waals surface area contributed by atoms with E-state index in [9.17, 15) is 9.90 Å². The highest BCUT2D eigenvalue weighted by atomic mass is 35.5. The third-order valence-electron chi connectivity index (χ3n) is 3.57. The average molecular weight is 283 g/mol. The van der Waals surface area contributed by atoms with Crippen molar-refractivity contribution in [2.75, 3.05) is 18.4 Å². The van der Waals surface area contributed by atoms with Gasteiger partial charge in [0.25, 0.3) is 0 Å². The Labute approximate surface area is 118 Å². The van der Waals surface area contributed by atoms with Gasteiger partial charge in [-0.05, 0) is 37.0 Å². The molecule has 0 saturated carbocycles. The van der Waals surface area contributed by atoms with Crippen LogP contribution in [-0.4, -0.2) is 35.2 Å². The van der Waals surface area contributed by atoms with Crippen molar-refractivity contribution in [2.24, 2.45) is 5.92 Å². The summed E-state index contributed by atoms with van der Waals surface area (Å²) >= 11 is 6.03. The molecule has 19 heavy (non-hydrogen) atoms. The summed E-state index contributed by atoms with van der Waals surface area (Å²) < 4.78 is 0. The molecule has 0 spiro atoms. The number of benzene rings is 1. The Hall–Kier alpha value is -1.26. The van der Waals surface area contributed by atoms with E-state index in [1.54, 1.807) is 11.0 Å². The molecule has 2 atom stereocenters. The summed E-state index contributed by atoms with van der Waals surface area (Å²) in [5.74, 6) is 0.112. The number of likely N-dealkylation sites (tertiary alicyclic amines) is 1. The Morgan fingerprint density at radius 1 is 1.53 bits per heavy atom. The van der Waals surface area contributed by atoms with Crippen LogP contribution in [0.3, 0.4) is 0 Å². The van der Waals surface area contributed by atoms with Crippen LogP contribution in [0.5, 0.6) is 0 Å². The molecule has 5 heteroatoms. The number of urea groups is 1. The first kappa shape index (κ1) is 14.2. The van der Waals surface area contributed by atoms with Gasteiger partial charge in [-0.15, -0.1) is 0 Å². The van der Waals surface area contributed by atoms with Crippen molar-refractivity contribution >= 4 is 23.3 Å². The van der Waals surface area contributed by atoms with Gasteiger partial charge in [0.05, 0.1) is 6.10 Å². The van der Waals surface area contributed by atoms with Crippen LogP contribution in [0.15, 0.2) is 18.2 Å². The molecule has 2 amide bonds. The Morgan fingerprint density at radius 2 is 2.26 bits per heavy atom. The van der Waals surface area contributed by atoms with E-state index in [0.717, 1.165) is 5.56 Å². The highest BCUT2D eigenvalue weighted by Gasteiger charge is 2.27. The molecule has 1 fully saturated rings. The molecule has 1 aromatic carbocycles. The minimum Gasteiger partial charge on any atom is -0.393 e. The third kappa shape index (κ3) is 3.39. The zero-order chi connectivity index (χ0) is 14.0. The monoisotopic (exact) mass is 282 g/mol. The molecule has 2 rings (SSSR count). The number of halogens is 1. The lowest BCUT2D eigenvalue weighted by Crippen LogP contribution is -2.46. The van der Waals surface area contributed by atoms with Crippen LogP contribution in [-0.2, 0) is 0 Å². The second kappa shape index (κ2) is 5.80. The maximum absolute atomic E-state index is 12.1. The maximum atomic E-state index is 12.1. The lowest BCUT2D eigenvalue weighted by Gasteiger charge is -2.34. The van der Waals surface area contributed by atoms with Crippen LogP contribution >= 0.6 is 11.6 Å². The molecule has 0 bridgehead atoms. The van der Waals surface area contributed by atoms with Crippen LogP contribution in [0.25, 0.3) is 0 Å². The fraction of sp³-hybridized carbons (Fsp3) is 0.500. The minimum atomic E-state index is -0.308. The molecule has 1 aliphatic rings. The SMILES string of the molecule is Cc1ccc(NC(=O)N2CCC(O)C(C)C2)cc1Cl. The molecule has 1 saturated heterocycles. The first-order chi connectivity index (χ1) is 8.97. The van der Waals surface area contributed by atoms with Gasteiger partial charge in [-0.3, -0.25) is 0 Å². The summed E-state index contributed by atoms with van der Waals surface area (Å²) in [6.07, 6.45) is 0.321. The number of anilines is 1. The fourth-order valence-electron chi connectivity index (χ4n) is 2.19. The fourth-order valence-corrected chi connectivity index (χ4v) is 2.37. The van der Waals surface area contributed by atoms with Gasteiger partial charge in [0.2, 0.25) is 0 Å². The Bertz CT molecular complexity index is 479. The number of nitrogens with one attached hydrogen (secondary N) is 1. The van der Waals surface area contributed by atoms with E-state index in [0.29, 0.717) is 30.2 Å². The molecule has 1 aromatic rings. The molecule has 1 aliphatic heterocycles. The number of carbonyl (C=O) groups excluding carboxylic acids is 1. The smallest absolute Gasteiger partial charge is 0.321 e. The van der Waals surface area contributed by atoms with Crippen molar-refractivity contribution in [2.45, 2.75) is 26.4 Å². The van der Waals surface area contributed by atoms with E-state index in [-0.39, 0.29) is 18.1 Å². The zero-order valence-electron chi connectivity index (χ0n) is 11.2. The number of hydrogen-bond acceptors (Lipinski definition) is 2. The average Bonchev–Trinajstić information content (AvgIpc) is 2.37. The quantitative estimate of drug-likeness (QED) is 0.832. The number of piperidine rings is 1. The van der Waals surface area contributed by atoms with Crippen molar-refractivity contribution in [3.8, 4) is 0 Å². The number of hydrogen-bond donors (Lipinski definition) is 2. The van der Waals surface area contributed by atoms with Crippen molar-refractivity contribution in [3.63, 3.8) is 0 Å². The second-order valence-electron chi connectivity index (χ2n) is 5.17. The Balaban J connectivity index is 1.99. The third-order valence-corrected chi connectivity index (χ3v) is 3.98. The molecule has 1 heterocycles. The number of rotatable bonds is 1. The molecular formula is C14H19ClN2O2. The molecule has 0 aliphatic carbocycles. The number of aliphatic hydroxyl groups is 1. The highest BCUT2D eigenvalue weighted by Crippen LogP contribution is 2.21. The molecule has 2 unspecified atom stereocenters. The van der Waals surface area contributed by atoms with Gasteiger partial charge in [0, 0.05) is 23.8 Å². The first-order valence-electron chi connectivity index (χ1n) is 6.47. The molecule has 2 N–H and O–H groups in total. The Morgan fingerprint density at radius 3 is 2.89 bits per heavy atom. The Kier molecular flexibility index (Phi) is 4.32. The number of amides is 2. The minimum absolute atomic E-state index is 0.112. The number of aliphatic hydroxyl groups excluding tert-OH is 1. The summed E-state index contributed by atoms with van der Waals surface area (Å²) in [7, 11) is 0. The van der Waals surface area contributed by atoms with Crippen LogP contribution < -0.4 is 5.32 Å². The first-order valence-corrected chi connectivity index (χ1v) is 6.85. The van der Waals surface area contributed by atoms with E-state index in [1.165, 1.54) is 0 Å². The molecule has 0 radical (unpaired) electrons. The summed E-state index contributed by atoms with van der Waals surface area (Å²) in [5.41, 5.74) is 1.67. The lowest BCUT2D eigenvalue weighted by molar-refractivity contribution is 0.0506. The summed E-state index contributed by atoms with van der Waals surface area (Å²) in [5, 5.41) is 13.1. The van der Waals surface area contributed by atoms with E-state index >= 15 is 0 Å². The molecule has 104 valence electrons. The molecule has 0 aromatic heterocycles. The number of nitrogens with zero attached hydrogens (tertiary/aromatic N) is 1. The van der Waals surface area contributed by atoms with Crippen LogP contribution in [0.4, 0.5) is 10.5 Å². The van der Waals surface area contributed by atoms with Gasteiger partial charge in [0.1, 0.15) is 0 Å². The van der Waals surface area contributed by atoms with Gasteiger partial charge < -0.3 is 15.3 Å². The van der Waals surface area contributed by atoms with Crippen molar-refractivity contribution in [3.05, 3.63) is 28.8 Å². The summed E-state index contributed by atoms with van der Waals surface area (Å²) in [6, 6.07) is 5.32. The lowest BCUT2D eigenvalue weighted by atomic mass is 9.97. The maximum Gasteiger partial charge on any atom is 0.321 e. The predicted molar refractivity (Wildman–Crippen MR) is 76.6 cm³/mol. The van der Waals surface area contributed by atoms with E-state index in [1.807, 2.05) is 26.0 Å². The van der Waals surface area contributed by atoms with E-state index < -0.39 is 0 Å². The summed E-state index contributed by atoms with van der Waals surface area (Å²) in [4.78, 5) is 13.8. The highest BCUT2D eigenvalue weighted by molar-refractivity contribution is 6.31. The molecule has 4 nitrogen and oxygen atoms in total. The van der Waals surface area contributed by atoms with Crippen LogP contribution in [0, 0.1) is 12.8 Å². The van der Waals surface area contributed by atoms with Gasteiger partial charge in [-0.25, -0.2) is 4.79 Å². The summed E-state index contributed by atoms with van der Waals surface area (Å²) in [6.45, 7) is 5.03. The second-order valence-corrected chi connectivity index (χ2v) is 5.58. The largest absolute Gasteiger partial charge is 0.393 e. The molecular weight excluding hydrogens is 264 g/mol. The normalized spacial score (nSPS) is 23.3. The van der Waals surface area contributed by atoms with Crippen molar-refractivity contribution in [1.29, 1.82) is 0 Å². The van der Waals surface area contributed by atoms with Gasteiger partial charge in [-0.1, -0.05) is 24.6 Å². The van der Waals surface area contributed by atoms with E-state index in [2.05, 4.69) is 5.32 Å². The van der Waals surface area contributed by atoms with Crippen LogP contribution in [0.2, 0.25) is 5.02 Å². The van der Waals surface area contributed by atoms with Crippen molar-refractivity contribution < 1.29 is 9.90 Å². The zero-order valence-corrected chi connectivity index (χ0v) is 11.9. The van der Waals surface area contributed by atoms with Crippen LogP contribution in [0.1, 0.15) is 18.9 Å². The predicted octanol–water partition coefficient (Wildman–Crippen LogP) is 2.88.